The molecular weight excluding hydrogens is 459 g/mol. The van der Waals surface area contributed by atoms with Gasteiger partial charge >= 0.3 is 0 Å². The molecule has 2 amide bonds. The van der Waals surface area contributed by atoms with E-state index in [9.17, 15) is 14.0 Å². The molecule has 0 bridgehead atoms. The van der Waals surface area contributed by atoms with Crippen molar-refractivity contribution in [2.45, 2.75) is 32.5 Å². The number of hydrogen-bond acceptors (Lipinski definition) is 3. The zero-order valence-electron chi connectivity index (χ0n) is 19.5. The lowest BCUT2D eigenvalue weighted by Gasteiger charge is -2.32. The molecule has 1 atom stereocenters. The van der Waals surface area contributed by atoms with Gasteiger partial charge in [-0.15, -0.1) is 11.3 Å². The molecule has 1 heterocycles. The van der Waals surface area contributed by atoms with E-state index in [4.69, 9.17) is 0 Å². The van der Waals surface area contributed by atoms with Crippen LogP contribution in [0, 0.1) is 12.7 Å². The first kappa shape index (κ1) is 24.4. The van der Waals surface area contributed by atoms with Gasteiger partial charge in [-0.2, -0.15) is 0 Å². The maximum atomic E-state index is 13.6. The molecule has 0 fully saturated rings. The van der Waals surface area contributed by atoms with Crippen LogP contribution >= 0.6 is 11.3 Å². The molecule has 0 aliphatic carbocycles. The van der Waals surface area contributed by atoms with Crippen LogP contribution in [0.3, 0.4) is 0 Å². The fourth-order valence-corrected chi connectivity index (χ4v) is 4.57. The summed E-state index contributed by atoms with van der Waals surface area (Å²) in [7, 11) is 0. The number of halogens is 1. The third kappa shape index (κ3) is 6.64. The largest absolute Gasteiger partial charge is 0.350 e. The molecule has 0 aliphatic rings. The molecular formula is C29H27FN2O2S. The van der Waals surface area contributed by atoms with Gasteiger partial charge in [-0.05, 0) is 47.2 Å². The Bertz CT molecular complexity index is 1240. The molecule has 6 heteroatoms. The molecule has 0 radical (unpaired) electrons. The summed E-state index contributed by atoms with van der Waals surface area (Å²) < 4.78 is 13.5. The average Bonchev–Trinajstić information content (AvgIpc) is 3.38. The van der Waals surface area contributed by atoms with Crippen molar-refractivity contribution < 1.29 is 14.0 Å². The highest BCUT2D eigenvalue weighted by Gasteiger charge is 2.31. The van der Waals surface area contributed by atoms with Crippen LogP contribution in [0.25, 0.3) is 0 Å². The van der Waals surface area contributed by atoms with Crippen molar-refractivity contribution in [3.63, 3.8) is 0 Å². The van der Waals surface area contributed by atoms with E-state index in [1.54, 1.807) is 17.0 Å². The molecule has 3 aromatic carbocycles. The van der Waals surface area contributed by atoms with Crippen molar-refractivity contribution in [1.29, 1.82) is 0 Å². The summed E-state index contributed by atoms with van der Waals surface area (Å²) in [6.45, 7) is 2.51. The Kier molecular flexibility index (Phi) is 8.06. The minimum absolute atomic E-state index is 0.169. The molecule has 4 aromatic rings. The molecule has 4 rings (SSSR count). The molecule has 35 heavy (non-hydrogen) atoms. The maximum Gasteiger partial charge on any atom is 0.247 e. The molecule has 0 saturated heterocycles. The third-order valence-corrected chi connectivity index (χ3v) is 6.63. The van der Waals surface area contributed by atoms with E-state index in [1.165, 1.54) is 23.5 Å². The number of benzene rings is 3. The highest BCUT2D eigenvalue weighted by molar-refractivity contribution is 7.10. The number of aryl methyl sites for hydroxylation is 1. The van der Waals surface area contributed by atoms with Gasteiger partial charge in [0.05, 0.1) is 6.42 Å². The SMILES string of the molecule is Cc1ccc(C(C(=O)NCc2ccccc2)N(Cc2ccc(F)cc2)C(=O)Cc2cccs2)cc1. The zero-order chi connectivity index (χ0) is 24.6. The monoisotopic (exact) mass is 486 g/mol. The van der Waals surface area contributed by atoms with Gasteiger partial charge in [-0.3, -0.25) is 9.59 Å². The van der Waals surface area contributed by atoms with Crippen LogP contribution in [0.5, 0.6) is 0 Å². The second-order valence-corrected chi connectivity index (χ2v) is 9.45. The van der Waals surface area contributed by atoms with E-state index in [-0.39, 0.29) is 30.6 Å². The molecule has 1 unspecified atom stereocenters. The quantitative estimate of drug-likeness (QED) is 0.324. The van der Waals surface area contributed by atoms with Crippen LogP contribution < -0.4 is 5.32 Å². The number of nitrogens with zero attached hydrogens (tertiary/aromatic N) is 1. The normalized spacial score (nSPS) is 11.6. The lowest BCUT2D eigenvalue weighted by Crippen LogP contribution is -2.43. The van der Waals surface area contributed by atoms with Crippen molar-refractivity contribution in [2.75, 3.05) is 0 Å². The minimum atomic E-state index is -0.836. The highest BCUT2D eigenvalue weighted by Crippen LogP contribution is 2.26. The number of rotatable bonds is 9. The lowest BCUT2D eigenvalue weighted by atomic mass is 10.0. The lowest BCUT2D eigenvalue weighted by molar-refractivity contribution is -0.141. The van der Waals surface area contributed by atoms with Gasteiger partial charge in [0, 0.05) is 18.0 Å². The van der Waals surface area contributed by atoms with Crippen LogP contribution in [0.2, 0.25) is 0 Å². The number of carbonyl (C=O) groups excluding carboxylic acids is 2. The summed E-state index contributed by atoms with van der Waals surface area (Å²) >= 11 is 1.50. The van der Waals surface area contributed by atoms with Gasteiger partial charge in [-0.25, -0.2) is 4.39 Å². The predicted octanol–water partition coefficient (Wildman–Crippen LogP) is 5.82. The Hall–Kier alpha value is -3.77. The van der Waals surface area contributed by atoms with E-state index in [0.717, 1.165) is 27.1 Å². The molecule has 0 saturated carbocycles. The summed E-state index contributed by atoms with van der Waals surface area (Å²) in [5.41, 5.74) is 3.51. The van der Waals surface area contributed by atoms with Gasteiger partial charge in [0.1, 0.15) is 11.9 Å². The van der Waals surface area contributed by atoms with E-state index in [0.29, 0.717) is 6.54 Å². The van der Waals surface area contributed by atoms with Crippen LogP contribution in [0.4, 0.5) is 4.39 Å². The van der Waals surface area contributed by atoms with E-state index < -0.39 is 6.04 Å². The molecule has 1 N–H and O–H groups in total. The second kappa shape index (κ2) is 11.6. The molecule has 0 aliphatic heterocycles. The first-order valence-corrected chi connectivity index (χ1v) is 12.3. The molecule has 1 aromatic heterocycles. The van der Waals surface area contributed by atoms with Gasteiger partial charge in [0.25, 0.3) is 0 Å². The van der Waals surface area contributed by atoms with Crippen LogP contribution in [-0.4, -0.2) is 16.7 Å². The van der Waals surface area contributed by atoms with Crippen molar-refractivity contribution in [3.8, 4) is 0 Å². The second-order valence-electron chi connectivity index (χ2n) is 8.42. The van der Waals surface area contributed by atoms with E-state index in [1.807, 2.05) is 79.0 Å². The number of amides is 2. The smallest absolute Gasteiger partial charge is 0.247 e. The summed E-state index contributed by atoms with van der Waals surface area (Å²) in [6.07, 6.45) is 0.188. The minimum Gasteiger partial charge on any atom is -0.350 e. The van der Waals surface area contributed by atoms with Crippen LogP contribution in [-0.2, 0) is 29.1 Å². The Morgan fingerprint density at radius 2 is 1.60 bits per heavy atom. The van der Waals surface area contributed by atoms with E-state index in [2.05, 4.69) is 5.32 Å². The standard InChI is InChI=1S/C29H27FN2O2S/c1-21-9-13-24(14-10-21)28(29(34)31-19-22-6-3-2-4-7-22)32(20-23-11-15-25(30)16-12-23)27(33)18-26-8-5-17-35-26/h2-17,28H,18-20H2,1H3,(H,31,34). The fourth-order valence-electron chi connectivity index (χ4n) is 3.88. The summed E-state index contributed by atoms with van der Waals surface area (Å²) in [6, 6.07) is 26.3. The predicted molar refractivity (Wildman–Crippen MR) is 137 cm³/mol. The van der Waals surface area contributed by atoms with Gasteiger partial charge in [0.2, 0.25) is 11.8 Å². The molecule has 178 valence electrons. The van der Waals surface area contributed by atoms with E-state index >= 15 is 0 Å². The van der Waals surface area contributed by atoms with Crippen LogP contribution in [0.1, 0.15) is 33.2 Å². The Labute approximate surface area is 209 Å². The molecule has 0 spiro atoms. The Balaban J connectivity index is 1.68. The van der Waals surface area contributed by atoms with Gasteiger partial charge in [0.15, 0.2) is 0 Å². The van der Waals surface area contributed by atoms with Crippen molar-refractivity contribution in [2.24, 2.45) is 0 Å². The maximum absolute atomic E-state index is 13.6. The summed E-state index contributed by atoms with van der Waals surface area (Å²) in [5, 5.41) is 4.94. The van der Waals surface area contributed by atoms with Gasteiger partial charge < -0.3 is 10.2 Å². The summed E-state index contributed by atoms with van der Waals surface area (Å²) in [4.78, 5) is 29.8. The first-order valence-electron chi connectivity index (χ1n) is 11.4. The number of carbonyl (C=O) groups is 2. The van der Waals surface area contributed by atoms with Gasteiger partial charge in [-0.1, -0.05) is 78.4 Å². The summed E-state index contributed by atoms with van der Waals surface area (Å²) in [5.74, 6) is -0.780. The first-order chi connectivity index (χ1) is 17.0. The number of nitrogens with one attached hydrogen (secondary N) is 1. The fraction of sp³-hybridized carbons (Fsp3) is 0.172. The Morgan fingerprint density at radius 3 is 2.26 bits per heavy atom. The van der Waals surface area contributed by atoms with Crippen molar-refractivity contribution in [1.82, 2.24) is 10.2 Å². The third-order valence-electron chi connectivity index (χ3n) is 5.75. The Morgan fingerprint density at radius 1 is 0.886 bits per heavy atom. The topological polar surface area (TPSA) is 49.4 Å². The van der Waals surface area contributed by atoms with Crippen molar-refractivity contribution >= 4 is 23.2 Å². The molecule has 4 nitrogen and oxygen atoms in total. The number of hydrogen-bond donors (Lipinski definition) is 1. The van der Waals surface area contributed by atoms with Crippen molar-refractivity contribution in [3.05, 3.63) is 129 Å². The highest BCUT2D eigenvalue weighted by atomic mass is 32.1. The number of thiophene rings is 1. The average molecular weight is 487 g/mol. The zero-order valence-corrected chi connectivity index (χ0v) is 20.3. The van der Waals surface area contributed by atoms with Crippen LogP contribution in [0.15, 0.2) is 96.4 Å².